The predicted octanol–water partition coefficient (Wildman–Crippen LogP) is 3.41. The first-order chi connectivity index (χ1) is 7.31. The van der Waals surface area contributed by atoms with Gasteiger partial charge in [-0.3, -0.25) is 0 Å². The standard InChI is InChI=1S/C11H16N2S2/c1-3-5-9-10(6-7-12)15-11(13-9)8-14-4-2/h3-6,8H2,1-2H3. The molecule has 1 heterocycles. The fraction of sp³-hybridized carbons (Fsp3) is 0.636. The minimum atomic E-state index is 0.518. The van der Waals surface area contributed by atoms with Crippen LogP contribution in [0.2, 0.25) is 0 Å². The zero-order chi connectivity index (χ0) is 11.1. The van der Waals surface area contributed by atoms with Crippen LogP contribution in [0, 0.1) is 11.3 Å². The summed E-state index contributed by atoms with van der Waals surface area (Å²) < 4.78 is 0. The van der Waals surface area contributed by atoms with Gasteiger partial charge < -0.3 is 0 Å². The summed E-state index contributed by atoms with van der Waals surface area (Å²) in [6, 6.07) is 2.22. The van der Waals surface area contributed by atoms with Gasteiger partial charge in [0.1, 0.15) is 5.01 Å². The summed E-state index contributed by atoms with van der Waals surface area (Å²) in [4.78, 5) is 5.77. The molecule has 0 saturated heterocycles. The van der Waals surface area contributed by atoms with E-state index in [1.165, 1.54) is 9.88 Å². The van der Waals surface area contributed by atoms with E-state index in [9.17, 15) is 0 Å². The molecule has 0 aliphatic carbocycles. The highest BCUT2D eigenvalue weighted by atomic mass is 32.2. The van der Waals surface area contributed by atoms with Gasteiger partial charge in [0.15, 0.2) is 0 Å². The molecular weight excluding hydrogens is 224 g/mol. The second-order valence-electron chi connectivity index (χ2n) is 3.20. The van der Waals surface area contributed by atoms with E-state index < -0.39 is 0 Å². The Morgan fingerprint density at radius 3 is 2.87 bits per heavy atom. The second kappa shape index (κ2) is 6.86. The van der Waals surface area contributed by atoms with Crippen LogP contribution in [0.15, 0.2) is 0 Å². The van der Waals surface area contributed by atoms with Crippen LogP contribution < -0.4 is 0 Å². The van der Waals surface area contributed by atoms with E-state index in [0.717, 1.165) is 30.0 Å². The Labute approximate surface area is 99.7 Å². The highest BCUT2D eigenvalue weighted by Crippen LogP contribution is 2.23. The largest absolute Gasteiger partial charge is 0.245 e. The van der Waals surface area contributed by atoms with Gasteiger partial charge in [-0.2, -0.15) is 17.0 Å². The summed E-state index contributed by atoms with van der Waals surface area (Å²) in [5.74, 6) is 2.11. The van der Waals surface area contributed by atoms with Gasteiger partial charge in [-0.25, -0.2) is 4.98 Å². The van der Waals surface area contributed by atoms with Crippen molar-refractivity contribution in [1.29, 1.82) is 5.26 Å². The molecule has 1 aromatic heterocycles. The summed E-state index contributed by atoms with van der Waals surface area (Å²) in [7, 11) is 0. The maximum atomic E-state index is 8.72. The van der Waals surface area contributed by atoms with Crippen LogP contribution in [0.5, 0.6) is 0 Å². The third-order valence-electron chi connectivity index (χ3n) is 1.98. The average molecular weight is 240 g/mol. The molecule has 1 aromatic rings. The van der Waals surface area contributed by atoms with Crippen LogP contribution in [-0.2, 0) is 18.6 Å². The highest BCUT2D eigenvalue weighted by molar-refractivity contribution is 7.98. The Morgan fingerprint density at radius 1 is 1.47 bits per heavy atom. The number of nitriles is 1. The van der Waals surface area contributed by atoms with Crippen LogP contribution in [-0.4, -0.2) is 10.7 Å². The van der Waals surface area contributed by atoms with Gasteiger partial charge in [0, 0.05) is 10.6 Å². The van der Waals surface area contributed by atoms with Crippen LogP contribution in [0.25, 0.3) is 0 Å². The molecule has 2 nitrogen and oxygen atoms in total. The number of hydrogen-bond donors (Lipinski definition) is 0. The molecule has 0 amide bonds. The maximum absolute atomic E-state index is 8.72. The lowest BCUT2D eigenvalue weighted by molar-refractivity contribution is 0.875. The molecule has 0 atom stereocenters. The molecule has 1 rings (SSSR count). The van der Waals surface area contributed by atoms with E-state index >= 15 is 0 Å². The lowest BCUT2D eigenvalue weighted by atomic mass is 10.2. The molecule has 0 aliphatic rings. The van der Waals surface area contributed by atoms with Crippen molar-refractivity contribution in [3.05, 3.63) is 15.6 Å². The Kier molecular flexibility index (Phi) is 5.74. The van der Waals surface area contributed by atoms with Crippen molar-refractivity contribution in [3.63, 3.8) is 0 Å². The number of aryl methyl sites for hydroxylation is 1. The fourth-order valence-corrected chi connectivity index (χ4v) is 3.10. The van der Waals surface area contributed by atoms with Crippen LogP contribution in [0.3, 0.4) is 0 Å². The van der Waals surface area contributed by atoms with Crippen LogP contribution in [0.1, 0.15) is 35.8 Å². The zero-order valence-electron chi connectivity index (χ0n) is 9.25. The molecule has 4 heteroatoms. The summed E-state index contributed by atoms with van der Waals surface area (Å²) in [6.07, 6.45) is 2.62. The topological polar surface area (TPSA) is 36.7 Å². The van der Waals surface area contributed by atoms with Crippen LogP contribution >= 0.6 is 23.1 Å². The smallest absolute Gasteiger partial charge is 0.103 e. The number of thioether (sulfide) groups is 1. The van der Waals surface area contributed by atoms with E-state index in [1.807, 2.05) is 11.8 Å². The van der Waals surface area contributed by atoms with Crippen molar-refractivity contribution in [2.45, 2.75) is 38.9 Å². The normalized spacial score (nSPS) is 10.2. The van der Waals surface area contributed by atoms with Crippen molar-refractivity contribution in [2.75, 3.05) is 5.75 Å². The van der Waals surface area contributed by atoms with Gasteiger partial charge in [0.2, 0.25) is 0 Å². The van der Waals surface area contributed by atoms with E-state index in [2.05, 4.69) is 24.9 Å². The number of thiazole rings is 1. The third kappa shape index (κ3) is 3.84. The quantitative estimate of drug-likeness (QED) is 0.764. The number of nitrogens with zero attached hydrogens (tertiary/aromatic N) is 2. The van der Waals surface area contributed by atoms with E-state index in [4.69, 9.17) is 5.26 Å². The lowest BCUT2D eigenvalue weighted by Gasteiger charge is -1.93. The molecule has 0 aliphatic heterocycles. The zero-order valence-corrected chi connectivity index (χ0v) is 10.9. The Balaban J connectivity index is 2.74. The number of hydrogen-bond acceptors (Lipinski definition) is 4. The van der Waals surface area contributed by atoms with Gasteiger partial charge in [0.25, 0.3) is 0 Å². The SMILES string of the molecule is CCCc1nc(CSCC)sc1CC#N. The van der Waals surface area contributed by atoms with Gasteiger partial charge in [-0.1, -0.05) is 20.3 Å². The Bertz CT molecular complexity index is 339. The lowest BCUT2D eigenvalue weighted by Crippen LogP contribution is -1.89. The van der Waals surface area contributed by atoms with E-state index in [1.54, 1.807) is 11.3 Å². The van der Waals surface area contributed by atoms with Gasteiger partial charge in [-0.15, -0.1) is 11.3 Å². The molecule has 82 valence electrons. The Hall–Kier alpha value is -0.530. The molecule has 0 radical (unpaired) electrons. The minimum Gasteiger partial charge on any atom is -0.245 e. The molecule has 0 spiro atoms. The van der Waals surface area contributed by atoms with Gasteiger partial charge >= 0.3 is 0 Å². The first-order valence-corrected chi connectivity index (χ1v) is 7.21. The van der Waals surface area contributed by atoms with Crippen molar-refractivity contribution in [1.82, 2.24) is 4.98 Å². The third-order valence-corrected chi connectivity index (χ3v) is 4.14. The van der Waals surface area contributed by atoms with Crippen molar-refractivity contribution < 1.29 is 0 Å². The monoisotopic (exact) mass is 240 g/mol. The minimum absolute atomic E-state index is 0.518. The second-order valence-corrected chi connectivity index (χ2v) is 5.64. The van der Waals surface area contributed by atoms with Crippen LogP contribution in [0.4, 0.5) is 0 Å². The fourth-order valence-electron chi connectivity index (χ4n) is 1.33. The van der Waals surface area contributed by atoms with Gasteiger partial charge in [0.05, 0.1) is 18.2 Å². The first kappa shape index (κ1) is 12.5. The molecule has 0 fully saturated rings. The van der Waals surface area contributed by atoms with Gasteiger partial charge in [-0.05, 0) is 12.2 Å². The average Bonchev–Trinajstić information content (AvgIpc) is 2.59. The molecule has 0 unspecified atom stereocenters. The van der Waals surface area contributed by atoms with Crippen molar-refractivity contribution in [2.24, 2.45) is 0 Å². The highest BCUT2D eigenvalue weighted by Gasteiger charge is 2.09. The van der Waals surface area contributed by atoms with E-state index in [-0.39, 0.29) is 0 Å². The summed E-state index contributed by atoms with van der Waals surface area (Å²) in [5.41, 5.74) is 1.15. The number of aromatic nitrogens is 1. The predicted molar refractivity (Wildman–Crippen MR) is 67.3 cm³/mol. The summed E-state index contributed by atoms with van der Waals surface area (Å²) >= 11 is 3.59. The van der Waals surface area contributed by atoms with Crippen molar-refractivity contribution >= 4 is 23.1 Å². The Morgan fingerprint density at radius 2 is 2.27 bits per heavy atom. The number of rotatable bonds is 6. The summed E-state index contributed by atoms with van der Waals surface area (Å²) in [5, 5.41) is 9.90. The van der Waals surface area contributed by atoms with Crippen molar-refractivity contribution in [3.8, 4) is 6.07 Å². The molecule has 0 aromatic carbocycles. The summed E-state index contributed by atoms with van der Waals surface area (Å²) in [6.45, 7) is 4.30. The first-order valence-electron chi connectivity index (χ1n) is 5.23. The maximum Gasteiger partial charge on any atom is 0.103 e. The molecule has 0 bridgehead atoms. The molecular formula is C11H16N2S2. The molecule has 0 saturated carbocycles. The molecule has 0 N–H and O–H groups in total. The molecule has 15 heavy (non-hydrogen) atoms. The van der Waals surface area contributed by atoms with E-state index in [0.29, 0.717) is 6.42 Å².